The number of nitrogens with one attached hydrogen (secondary N) is 2. The molecule has 1 aromatic carbocycles. The third kappa shape index (κ3) is 2.47. The molecule has 0 radical (unpaired) electrons. The number of aromatic nitrogens is 3. The van der Waals surface area contributed by atoms with Crippen LogP contribution in [0.1, 0.15) is 11.6 Å². The van der Waals surface area contributed by atoms with E-state index >= 15 is 0 Å². The summed E-state index contributed by atoms with van der Waals surface area (Å²) in [5.41, 5.74) is 1.59. The second-order valence-corrected chi connectivity index (χ2v) is 4.42. The molecule has 5 heteroatoms. The van der Waals surface area contributed by atoms with Crippen LogP contribution in [-0.4, -0.2) is 20.7 Å². The van der Waals surface area contributed by atoms with Gasteiger partial charge >= 0.3 is 0 Å². The molecular weight excluding hydrogens is 252 g/mol. The molecule has 0 aliphatic heterocycles. The van der Waals surface area contributed by atoms with Gasteiger partial charge in [-0.2, -0.15) is 5.10 Å². The molecule has 0 unspecified atom stereocenters. The number of rotatable bonds is 4. The Kier molecular flexibility index (Phi) is 3.33. The van der Waals surface area contributed by atoms with E-state index in [9.17, 15) is 4.79 Å². The van der Waals surface area contributed by atoms with E-state index in [-0.39, 0.29) is 5.91 Å². The minimum atomic E-state index is -0.402. The molecule has 3 rings (SSSR count). The van der Waals surface area contributed by atoms with E-state index in [1.807, 2.05) is 59.4 Å². The Hall–Kier alpha value is -2.82. The fourth-order valence-electron chi connectivity index (χ4n) is 2.14. The number of carbonyl (C=O) groups is 1. The van der Waals surface area contributed by atoms with Gasteiger partial charge in [-0.1, -0.05) is 30.3 Å². The monoisotopic (exact) mass is 266 g/mol. The summed E-state index contributed by atoms with van der Waals surface area (Å²) in [4.78, 5) is 12.5. The highest BCUT2D eigenvalue weighted by atomic mass is 16.2. The second-order valence-electron chi connectivity index (χ2n) is 4.42. The number of hydrogen-bond donors (Lipinski definition) is 2. The Morgan fingerprint density at radius 2 is 1.90 bits per heavy atom. The molecule has 0 aliphatic rings. The molecule has 3 aromatic rings. The van der Waals surface area contributed by atoms with Crippen LogP contribution in [0.2, 0.25) is 0 Å². The molecule has 0 fully saturated rings. The van der Waals surface area contributed by atoms with Gasteiger partial charge in [-0.25, -0.2) is 0 Å². The Morgan fingerprint density at radius 3 is 2.55 bits per heavy atom. The first-order valence-electron chi connectivity index (χ1n) is 6.31. The summed E-state index contributed by atoms with van der Waals surface area (Å²) in [6.45, 7) is 0. The molecule has 1 atom stereocenters. The maximum Gasteiger partial charge on any atom is 0.252 e. The van der Waals surface area contributed by atoms with E-state index < -0.39 is 6.04 Å². The molecule has 5 nitrogen and oxygen atoms in total. The van der Waals surface area contributed by atoms with Gasteiger partial charge in [0.05, 0.1) is 11.9 Å². The fourth-order valence-corrected chi connectivity index (χ4v) is 2.14. The minimum Gasteiger partial charge on any atom is -0.338 e. The van der Waals surface area contributed by atoms with Crippen molar-refractivity contribution < 1.29 is 4.79 Å². The summed E-state index contributed by atoms with van der Waals surface area (Å²) < 4.78 is 1.88. The Bertz CT molecular complexity index is 659. The molecule has 100 valence electrons. The molecule has 2 aromatic heterocycles. The summed E-state index contributed by atoms with van der Waals surface area (Å²) in [7, 11) is 0. The Balaban J connectivity index is 1.92. The highest BCUT2D eigenvalue weighted by Crippen LogP contribution is 2.20. The average molecular weight is 266 g/mol. The number of anilines is 1. The minimum absolute atomic E-state index is 0.103. The lowest BCUT2D eigenvalue weighted by atomic mass is 10.1. The number of carbonyl (C=O) groups excluding carboxylic acids is 1. The number of H-pyrrole nitrogens is 1. The van der Waals surface area contributed by atoms with Crippen LogP contribution in [-0.2, 0) is 4.79 Å². The lowest BCUT2D eigenvalue weighted by molar-refractivity contribution is -0.118. The second kappa shape index (κ2) is 5.44. The molecule has 0 saturated carbocycles. The zero-order chi connectivity index (χ0) is 13.8. The molecule has 0 bridgehead atoms. The lowest BCUT2D eigenvalue weighted by Gasteiger charge is -2.18. The normalized spacial score (nSPS) is 12.0. The summed E-state index contributed by atoms with van der Waals surface area (Å²) in [6, 6.07) is 13.1. The van der Waals surface area contributed by atoms with Gasteiger partial charge in [-0.05, 0) is 17.7 Å². The summed E-state index contributed by atoms with van der Waals surface area (Å²) in [6.07, 6.45) is 6.99. The van der Waals surface area contributed by atoms with Crippen molar-refractivity contribution in [1.29, 1.82) is 0 Å². The van der Waals surface area contributed by atoms with Crippen LogP contribution in [0.5, 0.6) is 0 Å². The van der Waals surface area contributed by atoms with Crippen molar-refractivity contribution in [1.82, 2.24) is 14.8 Å². The van der Waals surface area contributed by atoms with Crippen LogP contribution in [0, 0.1) is 0 Å². The maximum absolute atomic E-state index is 12.5. The number of aromatic amines is 1. The van der Waals surface area contributed by atoms with Crippen LogP contribution in [0.25, 0.3) is 0 Å². The van der Waals surface area contributed by atoms with Crippen molar-refractivity contribution in [3.8, 4) is 0 Å². The van der Waals surface area contributed by atoms with Gasteiger partial charge in [0.25, 0.3) is 5.91 Å². The van der Waals surface area contributed by atoms with Crippen molar-refractivity contribution >= 4 is 11.6 Å². The van der Waals surface area contributed by atoms with Crippen LogP contribution in [0.3, 0.4) is 0 Å². The van der Waals surface area contributed by atoms with Gasteiger partial charge in [0.15, 0.2) is 0 Å². The average Bonchev–Trinajstić information content (AvgIpc) is 3.14. The number of benzene rings is 1. The summed E-state index contributed by atoms with van der Waals surface area (Å²) in [5, 5.41) is 9.36. The quantitative estimate of drug-likeness (QED) is 0.762. The van der Waals surface area contributed by atoms with E-state index in [0.717, 1.165) is 5.56 Å². The van der Waals surface area contributed by atoms with Crippen LogP contribution < -0.4 is 5.32 Å². The molecular formula is C15H14N4O. The Labute approximate surface area is 116 Å². The maximum atomic E-state index is 12.5. The SMILES string of the molecule is O=C(Nc1cn[nH]c1)[C@H](c1ccccc1)n1cccc1. The van der Waals surface area contributed by atoms with Gasteiger partial charge in [0, 0.05) is 18.6 Å². The predicted molar refractivity (Wildman–Crippen MR) is 76.2 cm³/mol. The van der Waals surface area contributed by atoms with Gasteiger partial charge in [-0.15, -0.1) is 0 Å². The number of amides is 1. The highest BCUT2D eigenvalue weighted by molar-refractivity contribution is 5.95. The van der Waals surface area contributed by atoms with Crippen molar-refractivity contribution in [3.63, 3.8) is 0 Å². The van der Waals surface area contributed by atoms with E-state index in [1.165, 1.54) is 0 Å². The third-order valence-electron chi connectivity index (χ3n) is 3.06. The van der Waals surface area contributed by atoms with Gasteiger partial charge in [0.1, 0.15) is 6.04 Å². The van der Waals surface area contributed by atoms with E-state index in [4.69, 9.17) is 0 Å². The van der Waals surface area contributed by atoms with Gasteiger partial charge in [0.2, 0.25) is 0 Å². The summed E-state index contributed by atoms with van der Waals surface area (Å²) in [5.74, 6) is -0.103. The number of hydrogen-bond acceptors (Lipinski definition) is 2. The first-order chi connectivity index (χ1) is 9.84. The van der Waals surface area contributed by atoms with Gasteiger partial charge < -0.3 is 9.88 Å². The standard InChI is InChI=1S/C15H14N4O/c20-15(18-13-10-16-17-11-13)14(19-8-4-5-9-19)12-6-2-1-3-7-12/h1-11,14H,(H,16,17)(H,18,20)/t14-/m0/s1. The first kappa shape index (κ1) is 12.2. The van der Waals surface area contributed by atoms with Crippen molar-refractivity contribution in [2.24, 2.45) is 0 Å². The summed E-state index contributed by atoms with van der Waals surface area (Å²) >= 11 is 0. The lowest BCUT2D eigenvalue weighted by Crippen LogP contribution is -2.26. The van der Waals surface area contributed by atoms with Crippen molar-refractivity contribution in [2.75, 3.05) is 5.32 Å². The molecule has 20 heavy (non-hydrogen) atoms. The molecule has 0 spiro atoms. The Morgan fingerprint density at radius 1 is 1.15 bits per heavy atom. The molecule has 2 heterocycles. The largest absolute Gasteiger partial charge is 0.338 e. The molecule has 0 aliphatic carbocycles. The van der Waals surface area contributed by atoms with Crippen LogP contribution >= 0.6 is 0 Å². The highest BCUT2D eigenvalue weighted by Gasteiger charge is 2.21. The smallest absolute Gasteiger partial charge is 0.252 e. The van der Waals surface area contributed by atoms with Crippen molar-refractivity contribution in [3.05, 3.63) is 72.8 Å². The van der Waals surface area contributed by atoms with E-state index in [1.54, 1.807) is 12.4 Å². The molecule has 2 N–H and O–H groups in total. The molecule has 0 saturated heterocycles. The number of nitrogens with zero attached hydrogens (tertiary/aromatic N) is 2. The van der Waals surface area contributed by atoms with Gasteiger partial charge in [-0.3, -0.25) is 9.89 Å². The first-order valence-corrected chi connectivity index (χ1v) is 6.31. The van der Waals surface area contributed by atoms with E-state index in [2.05, 4.69) is 15.5 Å². The van der Waals surface area contributed by atoms with E-state index in [0.29, 0.717) is 5.69 Å². The topological polar surface area (TPSA) is 62.7 Å². The van der Waals surface area contributed by atoms with Crippen molar-refractivity contribution in [2.45, 2.75) is 6.04 Å². The van der Waals surface area contributed by atoms with Crippen LogP contribution in [0.15, 0.2) is 67.3 Å². The predicted octanol–water partition coefficient (Wildman–Crippen LogP) is 2.44. The third-order valence-corrected chi connectivity index (χ3v) is 3.06. The zero-order valence-electron chi connectivity index (χ0n) is 10.7. The van der Waals surface area contributed by atoms with Crippen LogP contribution in [0.4, 0.5) is 5.69 Å². The zero-order valence-corrected chi connectivity index (χ0v) is 10.7. The molecule has 1 amide bonds. The fraction of sp³-hybridized carbons (Fsp3) is 0.0667.